The fourth-order valence-corrected chi connectivity index (χ4v) is 1.53. The first-order valence-electron chi connectivity index (χ1n) is 5.48. The summed E-state index contributed by atoms with van der Waals surface area (Å²) in [6.07, 6.45) is 1.60. The SMILES string of the molecule is O=C(Cc1ccc(Cl)cc1)NNC(=O)c1ccn[nH]1. The van der Waals surface area contributed by atoms with E-state index in [1.54, 1.807) is 24.3 Å². The zero-order valence-corrected chi connectivity index (χ0v) is 10.6. The van der Waals surface area contributed by atoms with Crippen molar-refractivity contribution < 1.29 is 9.59 Å². The third-order valence-corrected chi connectivity index (χ3v) is 2.59. The summed E-state index contributed by atoms with van der Waals surface area (Å²) in [5.41, 5.74) is 5.67. The van der Waals surface area contributed by atoms with Crippen LogP contribution in [0.15, 0.2) is 36.5 Å². The van der Waals surface area contributed by atoms with Gasteiger partial charge in [-0.05, 0) is 23.8 Å². The van der Waals surface area contributed by atoms with E-state index in [2.05, 4.69) is 21.0 Å². The molecule has 0 unspecified atom stereocenters. The van der Waals surface area contributed by atoms with Gasteiger partial charge < -0.3 is 0 Å². The maximum atomic E-state index is 11.6. The lowest BCUT2D eigenvalue weighted by Gasteiger charge is -2.06. The minimum absolute atomic E-state index is 0.153. The van der Waals surface area contributed by atoms with Gasteiger partial charge in [-0.25, -0.2) is 0 Å². The molecule has 19 heavy (non-hydrogen) atoms. The Morgan fingerprint density at radius 1 is 1.16 bits per heavy atom. The van der Waals surface area contributed by atoms with E-state index >= 15 is 0 Å². The number of nitrogens with zero attached hydrogens (tertiary/aromatic N) is 1. The summed E-state index contributed by atoms with van der Waals surface area (Å²) < 4.78 is 0. The van der Waals surface area contributed by atoms with Crippen molar-refractivity contribution in [3.05, 3.63) is 52.8 Å². The van der Waals surface area contributed by atoms with Crippen LogP contribution in [0.3, 0.4) is 0 Å². The van der Waals surface area contributed by atoms with Crippen LogP contribution >= 0.6 is 11.6 Å². The molecule has 0 saturated heterocycles. The molecule has 98 valence electrons. The Morgan fingerprint density at radius 3 is 2.53 bits per heavy atom. The van der Waals surface area contributed by atoms with Crippen molar-refractivity contribution in [2.45, 2.75) is 6.42 Å². The van der Waals surface area contributed by atoms with Crippen molar-refractivity contribution >= 4 is 23.4 Å². The summed E-state index contributed by atoms with van der Waals surface area (Å²) in [7, 11) is 0. The standard InChI is InChI=1S/C12H11ClN4O2/c13-9-3-1-8(2-4-9)7-11(18)16-17-12(19)10-5-6-14-15-10/h1-6H,7H2,(H,14,15)(H,16,18)(H,17,19). The lowest BCUT2D eigenvalue weighted by molar-refractivity contribution is -0.121. The third kappa shape index (κ3) is 3.82. The fourth-order valence-electron chi connectivity index (χ4n) is 1.41. The maximum absolute atomic E-state index is 11.6. The van der Waals surface area contributed by atoms with Crippen LogP contribution in [0.5, 0.6) is 0 Å². The summed E-state index contributed by atoms with van der Waals surface area (Å²) in [5, 5.41) is 6.73. The smallest absolute Gasteiger partial charge is 0.273 e. The number of carbonyl (C=O) groups is 2. The van der Waals surface area contributed by atoms with Gasteiger partial charge in [0.25, 0.3) is 5.91 Å². The highest BCUT2D eigenvalue weighted by molar-refractivity contribution is 6.30. The van der Waals surface area contributed by atoms with Crippen molar-refractivity contribution in [3.63, 3.8) is 0 Å². The van der Waals surface area contributed by atoms with Gasteiger partial charge in [-0.2, -0.15) is 5.10 Å². The molecule has 0 fully saturated rings. The Morgan fingerprint density at radius 2 is 1.89 bits per heavy atom. The summed E-state index contributed by atoms with van der Waals surface area (Å²) in [6, 6.07) is 8.40. The fraction of sp³-hybridized carbons (Fsp3) is 0.0833. The van der Waals surface area contributed by atoms with E-state index in [1.165, 1.54) is 12.3 Å². The molecular formula is C12H11ClN4O2. The number of hydrazine groups is 1. The average Bonchev–Trinajstić information content (AvgIpc) is 2.93. The normalized spacial score (nSPS) is 9.95. The van der Waals surface area contributed by atoms with Crippen molar-refractivity contribution in [3.8, 4) is 0 Å². The van der Waals surface area contributed by atoms with Crippen LogP contribution in [0.2, 0.25) is 5.02 Å². The molecular weight excluding hydrogens is 268 g/mol. The average molecular weight is 279 g/mol. The molecule has 6 nitrogen and oxygen atoms in total. The second-order valence-electron chi connectivity index (χ2n) is 3.78. The lowest BCUT2D eigenvalue weighted by Crippen LogP contribution is -2.42. The second kappa shape index (κ2) is 6.01. The molecule has 2 rings (SSSR count). The van der Waals surface area contributed by atoms with Crippen molar-refractivity contribution in [2.24, 2.45) is 0 Å². The molecule has 0 bridgehead atoms. The number of carbonyl (C=O) groups excluding carboxylic acids is 2. The minimum Gasteiger partial charge on any atom is -0.273 e. The molecule has 7 heteroatoms. The van der Waals surface area contributed by atoms with E-state index in [1.807, 2.05) is 0 Å². The van der Waals surface area contributed by atoms with Crippen molar-refractivity contribution in [1.29, 1.82) is 0 Å². The second-order valence-corrected chi connectivity index (χ2v) is 4.21. The van der Waals surface area contributed by atoms with E-state index < -0.39 is 5.91 Å². The molecule has 2 aromatic rings. The highest BCUT2D eigenvalue weighted by atomic mass is 35.5. The summed E-state index contributed by atoms with van der Waals surface area (Å²) >= 11 is 5.74. The molecule has 0 aliphatic rings. The van der Waals surface area contributed by atoms with Crippen molar-refractivity contribution in [2.75, 3.05) is 0 Å². The quantitative estimate of drug-likeness (QED) is 0.734. The Bertz CT molecular complexity index is 566. The van der Waals surface area contributed by atoms with Crippen LogP contribution in [-0.4, -0.2) is 22.0 Å². The van der Waals surface area contributed by atoms with Gasteiger partial charge in [0, 0.05) is 11.2 Å². The molecule has 0 spiro atoms. The first kappa shape index (κ1) is 13.1. The molecule has 1 aromatic carbocycles. The summed E-state index contributed by atoms with van der Waals surface area (Å²) in [5.74, 6) is -0.780. The number of H-pyrrole nitrogens is 1. The number of hydrogen-bond acceptors (Lipinski definition) is 3. The summed E-state index contributed by atoms with van der Waals surface area (Å²) in [4.78, 5) is 23.1. The van der Waals surface area contributed by atoms with Gasteiger partial charge >= 0.3 is 0 Å². The number of nitrogens with one attached hydrogen (secondary N) is 3. The predicted molar refractivity (Wildman–Crippen MR) is 69.4 cm³/mol. The molecule has 0 aliphatic heterocycles. The van der Waals surface area contributed by atoms with Gasteiger partial charge in [0.2, 0.25) is 5.91 Å². The molecule has 0 aliphatic carbocycles. The maximum Gasteiger partial charge on any atom is 0.287 e. The molecule has 3 N–H and O–H groups in total. The zero-order valence-electron chi connectivity index (χ0n) is 9.81. The van der Waals surface area contributed by atoms with E-state index in [0.29, 0.717) is 5.02 Å². The number of rotatable bonds is 3. The first-order chi connectivity index (χ1) is 9.15. The number of benzene rings is 1. The van der Waals surface area contributed by atoms with E-state index in [-0.39, 0.29) is 18.0 Å². The zero-order chi connectivity index (χ0) is 13.7. The minimum atomic E-state index is -0.457. The Labute approximate surface area is 114 Å². The molecule has 0 saturated carbocycles. The van der Waals surface area contributed by atoms with Gasteiger partial charge in [-0.1, -0.05) is 23.7 Å². The third-order valence-electron chi connectivity index (χ3n) is 2.34. The van der Waals surface area contributed by atoms with Gasteiger partial charge in [0.1, 0.15) is 5.69 Å². The van der Waals surface area contributed by atoms with Gasteiger partial charge in [0.05, 0.1) is 6.42 Å². The number of halogens is 1. The monoisotopic (exact) mass is 278 g/mol. The van der Waals surface area contributed by atoms with Crippen LogP contribution in [0.4, 0.5) is 0 Å². The Hall–Kier alpha value is -2.34. The van der Waals surface area contributed by atoms with Gasteiger partial charge in [-0.15, -0.1) is 0 Å². The molecule has 0 atom stereocenters. The van der Waals surface area contributed by atoms with Crippen LogP contribution in [-0.2, 0) is 11.2 Å². The first-order valence-corrected chi connectivity index (χ1v) is 5.86. The van der Waals surface area contributed by atoms with Crippen LogP contribution in [0.1, 0.15) is 16.1 Å². The van der Waals surface area contributed by atoms with Crippen LogP contribution in [0, 0.1) is 0 Å². The topological polar surface area (TPSA) is 86.9 Å². The van der Waals surface area contributed by atoms with Gasteiger partial charge in [-0.3, -0.25) is 25.5 Å². The van der Waals surface area contributed by atoms with E-state index in [0.717, 1.165) is 5.56 Å². The van der Waals surface area contributed by atoms with Crippen molar-refractivity contribution in [1.82, 2.24) is 21.0 Å². The van der Waals surface area contributed by atoms with Crippen LogP contribution < -0.4 is 10.9 Å². The molecule has 1 heterocycles. The Kier molecular flexibility index (Phi) is 4.15. The summed E-state index contributed by atoms with van der Waals surface area (Å²) in [6.45, 7) is 0. The highest BCUT2D eigenvalue weighted by Crippen LogP contribution is 2.09. The molecule has 1 aromatic heterocycles. The number of amides is 2. The number of aromatic nitrogens is 2. The predicted octanol–water partition coefficient (Wildman–Crippen LogP) is 1.07. The lowest BCUT2D eigenvalue weighted by atomic mass is 10.1. The van der Waals surface area contributed by atoms with E-state index in [4.69, 9.17) is 11.6 Å². The molecule has 0 radical (unpaired) electrons. The molecule has 2 amide bonds. The number of aromatic amines is 1. The van der Waals surface area contributed by atoms with Crippen LogP contribution in [0.25, 0.3) is 0 Å². The Balaban J connectivity index is 1.82. The highest BCUT2D eigenvalue weighted by Gasteiger charge is 2.08. The van der Waals surface area contributed by atoms with Gasteiger partial charge in [0.15, 0.2) is 0 Å². The number of hydrogen-bond donors (Lipinski definition) is 3. The van der Waals surface area contributed by atoms with E-state index in [9.17, 15) is 9.59 Å². The largest absolute Gasteiger partial charge is 0.287 e.